The molecule has 12 nitrogen and oxygen atoms in total. The second kappa shape index (κ2) is 50.2. The Balaban J connectivity index is 0.000000334. The number of hydrogen-bond acceptors (Lipinski definition) is 12. The molecule has 6 atom stereocenters. The van der Waals surface area contributed by atoms with Gasteiger partial charge in [-0.25, -0.2) is 0 Å². The number of aliphatic hydroxyl groups is 6. The van der Waals surface area contributed by atoms with Crippen LogP contribution < -0.4 is 0 Å². The van der Waals surface area contributed by atoms with Gasteiger partial charge in [0.2, 0.25) is 0 Å². The molecule has 3 radical (unpaired) electrons. The summed E-state index contributed by atoms with van der Waals surface area (Å²) in [5.74, 6) is 1.00. The summed E-state index contributed by atoms with van der Waals surface area (Å²) in [7, 11) is 0. The fraction of sp³-hybridized carbons (Fsp3) is 0.405. The van der Waals surface area contributed by atoms with Gasteiger partial charge in [0.1, 0.15) is 0 Å². The molecule has 0 aliphatic rings. The van der Waals surface area contributed by atoms with Crippen LogP contribution in [-0.4, -0.2) is 97.2 Å². The Kier molecular flexibility index (Phi) is 43.9. The maximum Gasteiger partial charge on any atom is 0.0878 e. The molecule has 0 bridgehead atoms. The molecular weight excluding hydrogens is 2090 g/mol. The number of benzene rings is 9. The SMILES string of the molecule is CC(C)(C)C(O)CC(O)C(C)(C)C.CC(C)CC(O)CC(O)CC(C)C.CC(O)CC(C)O.Cc1[c-]c(-c2ncc(-c3c(C)cccc3C)nc2-c2cc(C)cc(C)c2)cc(C)c1.Cc1[c-]c(-c2ncc(-c3c(C)cccc3C)nc2-c2cc(C)cc(C)c2)cc(C)c1.Cc1[c-]c(-c2ncc(-c3c(C)cccc3C)nc2-c2cc(C)cc(C)c2)cc(C)c1.[Ir].[Ir].[Ir]. The Morgan fingerprint density at radius 3 is 0.690 bits per heavy atom. The summed E-state index contributed by atoms with van der Waals surface area (Å²) >= 11 is 0. The van der Waals surface area contributed by atoms with E-state index in [1.165, 1.54) is 83.5 Å². The summed E-state index contributed by atoms with van der Waals surface area (Å²) in [6, 6.07) is 62.1. The monoisotopic (exact) mass is 2230 g/mol. The van der Waals surface area contributed by atoms with Crippen LogP contribution in [0.1, 0.15) is 215 Å². The van der Waals surface area contributed by atoms with Crippen LogP contribution in [-0.2, 0) is 60.3 Å². The fourth-order valence-corrected chi connectivity index (χ4v) is 15.8. The van der Waals surface area contributed by atoms with Crippen molar-refractivity contribution in [2.45, 2.75) is 276 Å². The molecule has 12 rings (SSSR count). The third-order valence-electron chi connectivity index (χ3n) is 21.4. The van der Waals surface area contributed by atoms with Gasteiger partial charge in [0.25, 0.3) is 0 Å². The second-order valence-electron chi connectivity index (χ2n) is 37.8. The van der Waals surface area contributed by atoms with Crippen LogP contribution >= 0.6 is 0 Å². The maximum atomic E-state index is 9.76. The van der Waals surface area contributed by atoms with Crippen molar-refractivity contribution in [3.05, 3.63) is 283 Å². The first kappa shape index (κ1) is 110. The van der Waals surface area contributed by atoms with Gasteiger partial charge in [0.05, 0.1) is 70.8 Å². The normalized spacial score (nSPS) is 12.5. The van der Waals surface area contributed by atoms with Crippen LogP contribution in [0.4, 0.5) is 0 Å². The predicted octanol–water partition coefficient (Wildman–Crippen LogP) is 25.9. The van der Waals surface area contributed by atoms with E-state index in [-0.39, 0.29) is 95.6 Å². The Morgan fingerprint density at radius 2 is 0.500 bits per heavy atom. The van der Waals surface area contributed by atoms with E-state index in [2.05, 4.69) is 316 Å². The molecule has 0 amide bonds. The third kappa shape index (κ3) is 33.8. The maximum absolute atomic E-state index is 9.76. The zero-order chi connectivity index (χ0) is 91.4. The van der Waals surface area contributed by atoms with E-state index in [9.17, 15) is 20.4 Å². The van der Waals surface area contributed by atoms with Crippen molar-refractivity contribution in [2.24, 2.45) is 22.7 Å². The minimum atomic E-state index is -0.443. The summed E-state index contributed by atoms with van der Waals surface area (Å²) in [5, 5.41) is 55.7. The molecule has 681 valence electrons. The van der Waals surface area contributed by atoms with Gasteiger partial charge in [-0.05, 0) is 195 Å². The summed E-state index contributed by atoms with van der Waals surface area (Å²) in [5.41, 5.74) is 39.0. The zero-order valence-electron chi connectivity index (χ0n) is 80.6. The first-order valence-corrected chi connectivity index (χ1v) is 43.7. The summed E-state index contributed by atoms with van der Waals surface area (Å²) in [6.07, 6.45) is 6.42. The van der Waals surface area contributed by atoms with E-state index in [4.69, 9.17) is 40.1 Å². The van der Waals surface area contributed by atoms with Crippen molar-refractivity contribution in [3.8, 4) is 101 Å². The minimum absolute atomic E-state index is 0. The quantitative estimate of drug-likeness (QED) is 0.0420. The van der Waals surface area contributed by atoms with E-state index >= 15 is 0 Å². The number of aromatic nitrogens is 6. The zero-order valence-corrected chi connectivity index (χ0v) is 87.8. The van der Waals surface area contributed by atoms with Crippen molar-refractivity contribution in [3.63, 3.8) is 0 Å². The average Bonchev–Trinajstić information content (AvgIpc) is 0.785. The smallest absolute Gasteiger partial charge is 0.0878 e. The van der Waals surface area contributed by atoms with E-state index in [0.29, 0.717) is 31.1 Å². The second-order valence-corrected chi connectivity index (χ2v) is 37.8. The van der Waals surface area contributed by atoms with Crippen molar-refractivity contribution in [1.82, 2.24) is 29.9 Å². The molecule has 12 aromatic rings. The standard InChI is InChI=1S/3C28H27N2.2C11H24O2.C5H12O2.3Ir/c3*1-17-10-18(2)13-23(12-17)27-28(24-14-19(3)11-20(4)15-24)30-25(16-29-27)26-21(5)8-7-9-22(26)6;1-10(2,3)8(12)7-9(13)11(4,5)6;1-8(2)5-10(12)7-11(13)6-9(3)4;1-4(6)3-5(2)7;;;/h3*7-12,14-16H,1-6H3;8-9,12-13H,7H2,1-6H3;8-13H,5-7H2,1-4H3;4-7H,3H2,1-2H3;;;/q3*-1;;;;;;. The number of aliphatic hydroxyl groups excluding tert-OH is 6. The van der Waals surface area contributed by atoms with Crippen LogP contribution in [0.15, 0.2) is 164 Å². The van der Waals surface area contributed by atoms with Gasteiger partial charge < -0.3 is 45.6 Å². The van der Waals surface area contributed by atoms with Crippen LogP contribution in [0, 0.1) is 165 Å². The van der Waals surface area contributed by atoms with E-state index in [0.717, 1.165) is 131 Å². The van der Waals surface area contributed by atoms with Crippen molar-refractivity contribution in [1.29, 1.82) is 0 Å². The predicted molar refractivity (Wildman–Crippen MR) is 516 cm³/mol. The van der Waals surface area contributed by atoms with Crippen molar-refractivity contribution < 1.29 is 91.0 Å². The molecule has 0 saturated carbocycles. The molecule has 6 N–H and O–H groups in total. The molecule has 0 saturated heterocycles. The molecule has 15 heteroatoms. The molecule has 0 aliphatic carbocycles. The number of nitrogens with zero attached hydrogens (tertiary/aromatic N) is 6. The molecule has 0 spiro atoms. The fourth-order valence-electron chi connectivity index (χ4n) is 15.8. The molecule has 9 aromatic carbocycles. The first-order valence-electron chi connectivity index (χ1n) is 43.7. The molecule has 3 aromatic heterocycles. The van der Waals surface area contributed by atoms with Crippen LogP contribution in [0.25, 0.3) is 101 Å². The Hall–Kier alpha value is -8.07. The van der Waals surface area contributed by atoms with Gasteiger partial charge in [-0.1, -0.05) is 253 Å². The van der Waals surface area contributed by atoms with Gasteiger partial charge in [0.15, 0.2) is 0 Å². The van der Waals surface area contributed by atoms with Crippen LogP contribution in [0.2, 0.25) is 0 Å². The van der Waals surface area contributed by atoms with Crippen molar-refractivity contribution in [2.75, 3.05) is 0 Å². The Bertz CT molecular complexity index is 4840. The van der Waals surface area contributed by atoms with Crippen LogP contribution in [0.5, 0.6) is 0 Å². The summed E-state index contributed by atoms with van der Waals surface area (Å²) in [6.45, 7) is 61.6. The van der Waals surface area contributed by atoms with Crippen molar-refractivity contribution >= 4 is 0 Å². The molecular formula is C111H141Ir3N6O6-3. The van der Waals surface area contributed by atoms with Gasteiger partial charge in [-0.2, -0.15) is 0 Å². The Morgan fingerprint density at radius 1 is 0.278 bits per heavy atom. The third-order valence-corrected chi connectivity index (χ3v) is 21.4. The summed E-state index contributed by atoms with van der Waals surface area (Å²) < 4.78 is 0. The van der Waals surface area contributed by atoms with E-state index < -0.39 is 12.2 Å². The molecule has 6 unspecified atom stereocenters. The number of hydrogen-bond donors (Lipinski definition) is 6. The van der Waals surface area contributed by atoms with Gasteiger partial charge in [-0.15, -0.1) is 105 Å². The van der Waals surface area contributed by atoms with E-state index in [1.807, 2.05) is 60.1 Å². The average molecular weight is 2230 g/mol. The molecule has 0 aliphatic heterocycles. The largest absolute Gasteiger partial charge is 0.393 e. The topological polar surface area (TPSA) is 199 Å². The first-order chi connectivity index (χ1) is 57.5. The van der Waals surface area contributed by atoms with Crippen LogP contribution in [0.3, 0.4) is 0 Å². The molecule has 3 heterocycles. The van der Waals surface area contributed by atoms with E-state index in [1.54, 1.807) is 13.8 Å². The molecule has 126 heavy (non-hydrogen) atoms. The van der Waals surface area contributed by atoms with Gasteiger partial charge in [-0.3, -0.25) is 15.0 Å². The van der Waals surface area contributed by atoms with Gasteiger partial charge in [0, 0.05) is 119 Å². The Labute approximate surface area is 797 Å². The van der Waals surface area contributed by atoms with Gasteiger partial charge >= 0.3 is 0 Å². The molecule has 0 fully saturated rings. The summed E-state index contributed by atoms with van der Waals surface area (Å²) in [4.78, 5) is 30.3. The minimum Gasteiger partial charge on any atom is -0.393 e. The number of rotatable bonds is 19. The number of aryl methyl sites for hydroxylation is 18.